The Balaban J connectivity index is 2.17. The van der Waals surface area contributed by atoms with Gasteiger partial charge in [-0.05, 0) is 45.4 Å². The minimum Gasteiger partial charge on any atom is -0.327 e. The van der Waals surface area contributed by atoms with Crippen molar-refractivity contribution in [1.82, 2.24) is 14.9 Å². The third kappa shape index (κ3) is 4.09. The highest BCUT2D eigenvalue weighted by Gasteiger charge is 2.12. The molecule has 0 saturated heterocycles. The molecular formula is C16H22ClN3. The van der Waals surface area contributed by atoms with Crippen LogP contribution in [0.4, 0.5) is 0 Å². The summed E-state index contributed by atoms with van der Waals surface area (Å²) in [6, 6.07) is 7.97. The molecule has 108 valence electrons. The SMILES string of the molecule is Cc1ncc(CNC(C)(C)C)n1Cc1cccc(Cl)c1. The summed E-state index contributed by atoms with van der Waals surface area (Å²) >= 11 is 6.05. The van der Waals surface area contributed by atoms with Crippen LogP contribution in [0, 0.1) is 6.92 Å². The molecule has 0 spiro atoms. The number of aromatic nitrogens is 2. The van der Waals surface area contributed by atoms with E-state index in [1.54, 1.807) is 0 Å². The summed E-state index contributed by atoms with van der Waals surface area (Å²) in [6.07, 6.45) is 1.94. The summed E-state index contributed by atoms with van der Waals surface area (Å²) in [5.74, 6) is 1.02. The van der Waals surface area contributed by atoms with E-state index in [1.165, 1.54) is 11.3 Å². The molecule has 0 atom stereocenters. The van der Waals surface area contributed by atoms with E-state index in [4.69, 9.17) is 11.6 Å². The van der Waals surface area contributed by atoms with Crippen LogP contribution in [0.25, 0.3) is 0 Å². The van der Waals surface area contributed by atoms with Crippen molar-refractivity contribution in [2.45, 2.75) is 46.3 Å². The number of nitrogens with zero attached hydrogens (tertiary/aromatic N) is 2. The van der Waals surface area contributed by atoms with Crippen LogP contribution in [-0.2, 0) is 13.1 Å². The van der Waals surface area contributed by atoms with Crippen LogP contribution in [0.2, 0.25) is 5.02 Å². The van der Waals surface area contributed by atoms with Crippen LogP contribution in [0.5, 0.6) is 0 Å². The summed E-state index contributed by atoms with van der Waals surface area (Å²) in [5, 5.41) is 4.27. The van der Waals surface area contributed by atoms with E-state index in [2.05, 4.69) is 41.7 Å². The first-order valence-electron chi connectivity index (χ1n) is 6.85. The highest BCUT2D eigenvalue weighted by molar-refractivity contribution is 6.30. The Morgan fingerprint density at radius 3 is 2.70 bits per heavy atom. The highest BCUT2D eigenvalue weighted by atomic mass is 35.5. The summed E-state index contributed by atoms with van der Waals surface area (Å²) in [4.78, 5) is 4.43. The van der Waals surface area contributed by atoms with E-state index in [1.807, 2.05) is 31.3 Å². The molecule has 1 heterocycles. The molecule has 0 aliphatic rings. The number of hydrogen-bond donors (Lipinski definition) is 1. The third-order valence-electron chi connectivity index (χ3n) is 3.17. The van der Waals surface area contributed by atoms with Crippen LogP contribution < -0.4 is 5.32 Å². The number of imidazole rings is 1. The van der Waals surface area contributed by atoms with Gasteiger partial charge in [-0.25, -0.2) is 4.98 Å². The van der Waals surface area contributed by atoms with Gasteiger partial charge in [0.05, 0.1) is 5.69 Å². The molecule has 0 aliphatic carbocycles. The first-order chi connectivity index (χ1) is 9.35. The molecule has 1 aromatic carbocycles. The van der Waals surface area contributed by atoms with Gasteiger partial charge in [0.1, 0.15) is 5.82 Å². The molecule has 0 unspecified atom stereocenters. The number of nitrogens with one attached hydrogen (secondary N) is 1. The van der Waals surface area contributed by atoms with E-state index in [9.17, 15) is 0 Å². The fraction of sp³-hybridized carbons (Fsp3) is 0.438. The van der Waals surface area contributed by atoms with E-state index in [0.717, 1.165) is 23.9 Å². The van der Waals surface area contributed by atoms with Crippen molar-refractivity contribution in [2.24, 2.45) is 0 Å². The fourth-order valence-electron chi connectivity index (χ4n) is 2.05. The molecule has 2 rings (SSSR count). The lowest BCUT2D eigenvalue weighted by molar-refractivity contribution is 0.416. The molecule has 0 radical (unpaired) electrons. The molecule has 0 fully saturated rings. The normalized spacial score (nSPS) is 11.8. The van der Waals surface area contributed by atoms with Crippen molar-refractivity contribution < 1.29 is 0 Å². The molecule has 0 saturated carbocycles. The van der Waals surface area contributed by atoms with Crippen LogP contribution in [0.15, 0.2) is 30.5 Å². The van der Waals surface area contributed by atoms with Crippen molar-refractivity contribution in [2.75, 3.05) is 0 Å². The molecule has 1 N–H and O–H groups in total. The van der Waals surface area contributed by atoms with Gasteiger partial charge < -0.3 is 9.88 Å². The summed E-state index contributed by atoms with van der Waals surface area (Å²) in [5.41, 5.74) is 2.48. The quantitative estimate of drug-likeness (QED) is 0.929. The van der Waals surface area contributed by atoms with Gasteiger partial charge in [-0.15, -0.1) is 0 Å². The summed E-state index contributed by atoms with van der Waals surface area (Å²) in [7, 11) is 0. The van der Waals surface area contributed by atoms with E-state index < -0.39 is 0 Å². The Morgan fingerprint density at radius 2 is 2.05 bits per heavy atom. The maximum Gasteiger partial charge on any atom is 0.106 e. The Morgan fingerprint density at radius 1 is 1.30 bits per heavy atom. The maximum absolute atomic E-state index is 6.05. The predicted octanol–water partition coefficient (Wildman–Crippen LogP) is 3.78. The topological polar surface area (TPSA) is 29.9 Å². The number of hydrogen-bond acceptors (Lipinski definition) is 2. The standard InChI is InChI=1S/C16H22ClN3/c1-12-18-9-15(10-19-16(2,3)4)20(12)11-13-6-5-7-14(17)8-13/h5-9,19H,10-11H2,1-4H3. The van der Waals surface area contributed by atoms with Gasteiger partial charge in [0.2, 0.25) is 0 Å². The molecule has 0 amide bonds. The van der Waals surface area contributed by atoms with Gasteiger partial charge in [-0.3, -0.25) is 0 Å². The lowest BCUT2D eigenvalue weighted by Crippen LogP contribution is -2.35. The van der Waals surface area contributed by atoms with Crippen molar-refractivity contribution >= 4 is 11.6 Å². The van der Waals surface area contributed by atoms with Crippen molar-refractivity contribution in [3.63, 3.8) is 0 Å². The minimum atomic E-state index is 0.0963. The number of halogens is 1. The van der Waals surface area contributed by atoms with E-state index in [0.29, 0.717) is 0 Å². The van der Waals surface area contributed by atoms with Crippen molar-refractivity contribution in [1.29, 1.82) is 0 Å². The predicted molar refractivity (Wildman–Crippen MR) is 84.1 cm³/mol. The average molecular weight is 292 g/mol. The highest BCUT2D eigenvalue weighted by Crippen LogP contribution is 2.15. The van der Waals surface area contributed by atoms with Gasteiger partial charge in [0.15, 0.2) is 0 Å². The fourth-order valence-corrected chi connectivity index (χ4v) is 2.26. The monoisotopic (exact) mass is 291 g/mol. The van der Waals surface area contributed by atoms with Gasteiger partial charge in [0, 0.05) is 29.8 Å². The Kier molecular flexibility index (Phi) is 4.51. The zero-order valence-corrected chi connectivity index (χ0v) is 13.3. The zero-order chi connectivity index (χ0) is 14.8. The maximum atomic E-state index is 6.05. The van der Waals surface area contributed by atoms with Crippen LogP contribution >= 0.6 is 11.6 Å². The molecule has 4 heteroatoms. The molecule has 0 aliphatic heterocycles. The van der Waals surface area contributed by atoms with Crippen molar-refractivity contribution in [3.8, 4) is 0 Å². The second-order valence-electron chi connectivity index (χ2n) is 6.12. The van der Waals surface area contributed by atoms with Crippen molar-refractivity contribution in [3.05, 3.63) is 52.6 Å². The first kappa shape index (κ1) is 15.1. The second-order valence-corrected chi connectivity index (χ2v) is 6.55. The smallest absolute Gasteiger partial charge is 0.106 e. The average Bonchev–Trinajstić information content (AvgIpc) is 2.68. The number of rotatable bonds is 4. The van der Waals surface area contributed by atoms with E-state index in [-0.39, 0.29) is 5.54 Å². The molecule has 20 heavy (non-hydrogen) atoms. The molecule has 1 aromatic heterocycles. The third-order valence-corrected chi connectivity index (χ3v) is 3.40. The van der Waals surface area contributed by atoms with Gasteiger partial charge >= 0.3 is 0 Å². The lowest BCUT2D eigenvalue weighted by Gasteiger charge is -2.21. The molecule has 3 nitrogen and oxygen atoms in total. The molecular weight excluding hydrogens is 270 g/mol. The van der Waals surface area contributed by atoms with Crippen LogP contribution in [-0.4, -0.2) is 15.1 Å². The number of aryl methyl sites for hydroxylation is 1. The second kappa shape index (κ2) is 5.98. The lowest BCUT2D eigenvalue weighted by atomic mass is 10.1. The Bertz CT molecular complexity index is 582. The van der Waals surface area contributed by atoms with Crippen LogP contribution in [0.3, 0.4) is 0 Å². The molecule has 2 aromatic rings. The molecule has 0 bridgehead atoms. The minimum absolute atomic E-state index is 0.0963. The largest absolute Gasteiger partial charge is 0.327 e. The number of benzene rings is 1. The Hall–Kier alpha value is -1.32. The van der Waals surface area contributed by atoms with E-state index >= 15 is 0 Å². The summed E-state index contributed by atoms with van der Waals surface area (Å²) < 4.78 is 2.23. The van der Waals surface area contributed by atoms with Crippen LogP contribution in [0.1, 0.15) is 37.9 Å². The Labute approximate surface area is 126 Å². The van der Waals surface area contributed by atoms with Gasteiger partial charge in [0.25, 0.3) is 0 Å². The first-order valence-corrected chi connectivity index (χ1v) is 7.23. The van der Waals surface area contributed by atoms with Gasteiger partial charge in [-0.1, -0.05) is 23.7 Å². The van der Waals surface area contributed by atoms with Gasteiger partial charge in [-0.2, -0.15) is 0 Å². The zero-order valence-electron chi connectivity index (χ0n) is 12.6. The summed E-state index contributed by atoms with van der Waals surface area (Å²) in [6.45, 7) is 10.1.